The second-order valence-electron chi connectivity index (χ2n) is 8.14. The Kier molecular flexibility index (Phi) is 6.14. The van der Waals surface area contributed by atoms with Crippen LogP contribution in [0.15, 0.2) is 71.8 Å². The number of nitrogens with one attached hydrogen (secondary N) is 1. The molecule has 0 bridgehead atoms. The van der Waals surface area contributed by atoms with Crippen molar-refractivity contribution in [3.8, 4) is 11.4 Å². The zero-order chi connectivity index (χ0) is 24.4. The number of nitrogens with zero attached hydrogens (tertiary/aromatic N) is 4. The van der Waals surface area contributed by atoms with E-state index in [-0.39, 0.29) is 11.6 Å². The standard InChI is InChI=1S/C26H25N5O3/c1-17-11-12-18(2)29(17)23-8-5-7-21(14-23)26(32)28-27-16-22-13-19(3)30(20(22)4)24-9-6-10-25(15-24)31(33)34/h5-16H,1-4H3,(H,28,32). The molecule has 0 aliphatic rings. The Morgan fingerprint density at radius 3 is 2.21 bits per heavy atom. The van der Waals surface area contributed by atoms with Crippen molar-refractivity contribution in [3.63, 3.8) is 0 Å². The minimum atomic E-state index is -0.413. The summed E-state index contributed by atoms with van der Waals surface area (Å²) < 4.78 is 4.00. The molecule has 0 saturated heterocycles. The molecular weight excluding hydrogens is 430 g/mol. The van der Waals surface area contributed by atoms with Crippen molar-refractivity contribution in [1.29, 1.82) is 0 Å². The topological polar surface area (TPSA) is 94.5 Å². The number of hydrogen-bond acceptors (Lipinski definition) is 4. The molecule has 4 rings (SSSR count). The van der Waals surface area contributed by atoms with Gasteiger partial charge in [-0.15, -0.1) is 0 Å². The third-order valence-corrected chi connectivity index (χ3v) is 5.78. The van der Waals surface area contributed by atoms with E-state index in [1.54, 1.807) is 18.3 Å². The van der Waals surface area contributed by atoms with Crippen LogP contribution in [-0.4, -0.2) is 26.2 Å². The molecule has 1 N–H and O–H groups in total. The second kappa shape index (κ2) is 9.19. The number of nitro groups is 1. The lowest BCUT2D eigenvalue weighted by Crippen LogP contribution is -2.18. The van der Waals surface area contributed by atoms with Gasteiger partial charge in [0.1, 0.15) is 0 Å². The van der Waals surface area contributed by atoms with E-state index in [2.05, 4.69) is 15.1 Å². The zero-order valence-corrected chi connectivity index (χ0v) is 19.4. The molecule has 8 heteroatoms. The highest BCUT2D eigenvalue weighted by atomic mass is 16.6. The fraction of sp³-hybridized carbons (Fsp3) is 0.154. The minimum absolute atomic E-state index is 0.0278. The molecule has 0 saturated carbocycles. The molecule has 0 atom stereocenters. The van der Waals surface area contributed by atoms with Crippen molar-refractivity contribution >= 4 is 17.8 Å². The van der Waals surface area contributed by atoms with Gasteiger partial charge in [-0.05, 0) is 70.2 Å². The highest BCUT2D eigenvalue weighted by molar-refractivity contribution is 5.95. The van der Waals surface area contributed by atoms with Gasteiger partial charge < -0.3 is 9.13 Å². The first-order chi connectivity index (χ1) is 16.3. The van der Waals surface area contributed by atoms with Gasteiger partial charge in [0.25, 0.3) is 11.6 Å². The van der Waals surface area contributed by atoms with Gasteiger partial charge in [-0.2, -0.15) is 5.10 Å². The summed E-state index contributed by atoms with van der Waals surface area (Å²) in [6, 6.07) is 19.8. The van der Waals surface area contributed by atoms with Gasteiger partial charge in [0, 0.05) is 51.7 Å². The average Bonchev–Trinajstić information content (AvgIpc) is 3.30. The van der Waals surface area contributed by atoms with Gasteiger partial charge in [-0.3, -0.25) is 14.9 Å². The smallest absolute Gasteiger partial charge is 0.271 e. The second-order valence-corrected chi connectivity index (χ2v) is 8.14. The number of hydrogen-bond donors (Lipinski definition) is 1. The van der Waals surface area contributed by atoms with Crippen molar-refractivity contribution in [2.24, 2.45) is 5.10 Å². The number of benzene rings is 2. The fourth-order valence-corrected chi connectivity index (χ4v) is 4.15. The number of non-ortho nitro benzene ring substituents is 1. The van der Waals surface area contributed by atoms with Gasteiger partial charge in [0.15, 0.2) is 0 Å². The number of hydrazone groups is 1. The lowest BCUT2D eigenvalue weighted by molar-refractivity contribution is -0.384. The van der Waals surface area contributed by atoms with Crippen molar-refractivity contribution in [2.45, 2.75) is 27.7 Å². The van der Waals surface area contributed by atoms with Gasteiger partial charge in [-0.1, -0.05) is 12.1 Å². The van der Waals surface area contributed by atoms with E-state index >= 15 is 0 Å². The molecule has 8 nitrogen and oxygen atoms in total. The number of carbonyl (C=O) groups is 1. The van der Waals surface area contributed by atoms with Crippen LogP contribution in [0.1, 0.15) is 38.7 Å². The molecular formula is C26H25N5O3. The van der Waals surface area contributed by atoms with E-state index in [1.807, 2.05) is 74.7 Å². The first-order valence-electron chi connectivity index (χ1n) is 10.8. The lowest BCUT2D eigenvalue weighted by Gasteiger charge is -2.10. The molecule has 0 spiro atoms. The van der Waals surface area contributed by atoms with Crippen molar-refractivity contribution in [2.75, 3.05) is 0 Å². The summed E-state index contributed by atoms with van der Waals surface area (Å²) in [5.41, 5.74) is 9.47. The third-order valence-electron chi connectivity index (χ3n) is 5.78. The Bertz CT molecular complexity index is 1410. The first-order valence-corrected chi connectivity index (χ1v) is 10.8. The summed E-state index contributed by atoms with van der Waals surface area (Å²) in [5.74, 6) is -0.312. The molecule has 2 heterocycles. The number of amides is 1. The molecule has 0 aliphatic carbocycles. The Morgan fingerprint density at radius 2 is 1.53 bits per heavy atom. The van der Waals surface area contributed by atoms with Crippen molar-refractivity contribution in [3.05, 3.63) is 111 Å². The van der Waals surface area contributed by atoms with Crippen LogP contribution in [0, 0.1) is 37.8 Å². The maximum atomic E-state index is 12.7. The van der Waals surface area contributed by atoms with Gasteiger partial charge in [0.05, 0.1) is 16.8 Å². The number of rotatable bonds is 6. The monoisotopic (exact) mass is 455 g/mol. The van der Waals surface area contributed by atoms with E-state index in [0.29, 0.717) is 11.3 Å². The van der Waals surface area contributed by atoms with E-state index in [0.717, 1.165) is 34.0 Å². The first kappa shape index (κ1) is 22.7. The van der Waals surface area contributed by atoms with E-state index in [1.165, 1.54) is 12.1 Å². The van der Waals surface area contributed by atoms with Crippen LogP contribution in [-0.2, 0) is 0 Å². The third kappa shape index (κ3) is 4.38. The maximum absolute atomic E-state index is 12.7. The van der Waals surface area contributed by atoms with Crippen LogP contribution >= 0.6 is 0 Å². The number of carbonyl (C=O) groups excluding carboxylic acids is 1. The summed E-state index contributed by atoms with van der Waals surface area (Å²) in [5, 5.41) is 15.3. The largest absolute Gasteiger partial charge is 0.318 e. The lowest BCUT2D eigenvalue weighted by atomic mass is 10.2. The zero-order valence-electron chi connectivity index (χ0n) is 19.4. The molecule has 0 unspecified atom stereocenters. The number of aromatic nitrogens is 2. The van der Waals surface area contributed by atoms with Gasteiger partial charge in [0.2, 0.25) is 0 Å². The van der Waals surface area contributed by atoms with Crippen LogP contribution in [0.5, 0.6) is 0 Å². The van der Waals surface area contributed by atoms with Crippen molar-refractivity contribution < 1.29 is 9.72 Å². The van der Waals surface area contributed by atoms with Crippen LogP contribution < -0.4 is 5.43 Å². The Balaban J connectivity index is 1.53. The molecule has 0 fully saturated rings. The van der Waals surface area contributed by atoms with Crippen LogP contribution in [0.3, 0.4) is 0 Å². The van der Waals surface area contributed by atoms with Crippen LogP contribution in [0.2, 0.25) is 0 Å². The molecule has 0 aliphatic heterocycles. The van der Waals surface area contributed by atoms with Crippen LogP contribution in [0.4, 0.5) is 5.69 Å². The molecule has 2 aromatic carbocycles. The SMILES string of the molecule is Cc1ccc(C)n1-c1cccc(C(=O)NN=Cc2cc(C)n(-c3cccc([N+](=O)[O-])c3)c2C)c1. The molecule has 1 amide bonds. The summed E-state index contributed by atoms with van der Waals surface area (Å²) >= 11 is 0. The number of nitro benzene ring substituents is 1. The highest BCUT2D eigenvalue weighted by Gasteiger charge is 2.13. The molecule has 2 aromatic heterocycles. The predicted octanol–water partition coefficient (Wildman–Crippen LogP) is 5.17. The molecule has 4 aromatic rings. The summed E-state index contributed by atoms with van der Waals surface area (Å²) in [7, 11) is 0. The summed E-state index contributed by atoms with van der Waals surface area (Å²) in [6.45, 7) is 7.86. The fourth-order valence-electron chi connectivity index (χ4n) is 4.15. The highest BCUT2D eigenvalue weighted by Crippen LogP contribution is 2.23. The van der Waals surface area contributed by atoms with E-state index in [9.17, 15) is 14.9 Å². The Hall–Kier alpha value is -4.46. The molecule has 172 valence electrons. The quantitative estimate of drug-likeness (QED) is 0.247. The van der Waals surface area contributed by atoms with E-state index in [4.69, 9.17) is 0 Å². The minimum Gasteiger partial charge on any atom is -0.318 e. The summed E-state index contributed by atoms with van der Waals surface area (Å²) in [4.78, 5) is 23.4. The maximum Gasteiger partial charge on any atom is 0.271 e. The number of aryl methyl sites for hydroxylation is 3. The van der Waals surface area contributed by atoms with Gasteiger partial charge >= 0.3 is 0 Å². The predicted molar refractivity (Wildman–Crippen MR) is 132 cm³/mol. The van der Waals surface area contributed by atoms with Crippen molar-refractivity contribution in [1.82, 2.24) is 14.6 Å². The molecule has 34 heavy (non-hydrogen) atoms. The Labute approximate surface area is 197 Å². The van der Waals surface area contributed by atoms with Gasteiger partial charge in [-0.25, -0.2) is 5.43 Å². The summed E-state index contributed by atoms with van der Waals surface area (Å²) in [6.07, 6.45) is 1.58. The molecule has 0 radical (unpaired) electrons. The normalized spacial score (nSPS) is 11.2. The van der Waals surface area contributed by atoms with Crippen LogP contribution in [0.25, 0.3) is 11.4 Å². The van der Waals surface area contributed by atoms with E-state index < -0.39 is 4.92 Å². The Morgan fingerprint density at radius 1 is 0.882 bits per heavy atom. The average molecular weight is 456 g/mol.